The Balaban J connectivity index is 1.16. The zero-order valence-corrected chi connectivity index (χ0v) is 25.2. The molecule has 5 aromatic rings. The highest BCUT2D eigenvalue weighted by Gasteiger charge is 2.20. The van der Waals surface area contributed by atoms with Gasteiger partial charge in [-0.15, -0.1) is 0 Å². The monoisotopic (exact) mass is 641 g/mol. The number of nitro benzene ring substituents is 2. The summed E-state index contributed by atoms with van der Waals surface area (Å²) in [6, 6.07) is 24.0. The van der Waals surface area contributed by atoms with Gasteiger partial charge in [0, 0.05) is 24.7 Å². The largest absolute Gasteiger partial charge is 0.355 e. The molecule has 0 saturated carbocycles. The number of rotatable bonds is 11. The van der Waals surface area contributed by atoms with Crippen molar-refractivity contribution >= 4 is 50.9 Å². The smallest absolute Gasteiger partial charge is 0.332 e. The van der Waals surface area contributed by atoms with Crippen LogP contribution in [0.25, 0.3) is 16.5 Å². The quantitative estimate of drug-likeness (QED) is 0.134. The van der Waals surface area contributed by atoms with Crippen LogP contribution < -0.4 is 15.4 Å². The van der Waals surface area contributed by atoms with Crippen molar-refractivity contribution in [1.29, 1.82) is 0 Å². The number of urea groups is 1. The molecule has 3 amide bonds. The summed E-state index contributed by atoms with van der Waals surface area (Å²) >= 11 is 0. The molecule has 4 aromatic carbocycles. The van der Waals surface area contributed by atoms with Crippen molar-refractivity contribution in [2.24, 2.45) is 0 Å². The summed E-state index contributed by atoms with van der Waals surface area (Å²) in [5.41, 5.74) is 1.17. The molecule has 1 atom stereocenters. The summed E-state index contributed by atoms with van der Waals surface area (Å²) in [6.45, 7) is 2.01. The minimum Gasteiger partial charge on any atom is -0.355 e. The lowest BCUT2D eigenvalue weighted by Gasteiger charge is -2.10. The number of nitrogens with zero attached hydrogens (tertiary/aromatic N) is 4. The van der Waals surface area contributed by atoms with Crippen molar-refractivity contribution in [2.45, 2.75) is 24.7 Å². The summed E-state index contributed by atoms with van der Waals surface area (Å²) in [5, 5.41) is 34.3. The predicted molar refractivity (Wildman–Crippen MR) is 171 cm³/mol. The second-order valence-electron chi connectivity index (χ2n) is 10.2. The highest BCUT2D eigenvalue weighted by atomic mass is 32.2. The number of carbonyl (C=O) groups is 2. The molecule has 14 nitrogen and oxygen atoms in total. The van der Waals surface area contributed by atoms with Crippen LogP contribution in [0.1, 0.15) is 16.8 Å². The van der Waals surface area contributed by atoms with Gasteiger partial charge in [0.2, 0.25) is 5.91 Å². The number of hydrogen-bond donors (Lipinski definition) is 3. The Morgan fingerprint density at radius 1 is 0.891 bits per heavy atom. The number of fused-ring (bicyclic) bond motifs is 1. The van der Waals surface area contributed by atoms with E-state index < -0.39 is 38.2 Å². The van der Waals surface area contributed by atoms with E-state index in [2.05, 4.69) is 20.5 Å². The Bertz CT molecular complexity index is 1960. The number of benzene rings is 4. The van der Waals surface area contributed by atoms with E-state index in [1.807, 2.05) is 42.5 Å². The predicted octanol–water partition coefficient (Wildman–Crippen LogP) is 4.90. The van der Waals surface area contributed by atoms with Gasteiger partial charge in [-0.3, -0.25) is 35.1 Å². The maximum Gasteiger partial charge on any atom is 0.332 e. The SMILES string of the molecule is Cc1cc(NC(=O)NS(=O)c2ccc(CCNC(=O)Cc3cccc4ccccc34)cc2)n(-c2cc([N+](=O)[O-])cc([N+](=O)[O-])c2)n1. The van der Waals surface area contributed by atoms with E-state index in [4.69, 9.17) is 0 Å². The average Bonchev–Trinajstić information content (AvgIpc) is 3.40. The Morgan fingerprint density at radius 2 is 1.57 bits per heavy atom. The molecule has 15 heteroatoms. The lowest BCUT2D eigenvalue weighted by Crippen LogP contribution is -2.31. The second kappa shape index (κ2) is 13.8. The van der Waals surface area contributed by atoms with Crippen molar-refractivity contribution in [3.8, 4) is 5.69 Å². The normalized spacial score (nSPS) is 11.5. The number of aromatic nitrogens is 2. The van der Waals surface area contributed by atoms with Crippen molar-refractivity contribution < 1.29 is 23.6 Å². The number of carbonyl (C=O) groups excluding carboxylic acids is 2. The molecule has 1 unspecified atom stereocenters. The van der Waals surface area contributed by atoms with Crippen LogP contribution >= 0.6 is 0 Å². The molecule has 0 aliphatic heterocycles. The number of anilines is 1. The van der Waals surface area contributed by atoms with Gasteiger partial charge in [0.15, 0.2) is 11.0 Å². The van der Waals surface area contributed by atoms with Crippen LogP contribution in [0.5, 0.6) is 0 Å². The van der Waals surface area contributed by atoms with Gasteiger partial charge in [0.25, 0.3) is 11.4 Å². The molecule has 0 aliphatic carbocycles. The molecular formula is C31H27N7O7S. The maximum atomic E-state index is 12.8. The first-order valence-corrected chi connectivity index (χ1v) is 15.0. The van der Waals surface area contributed by atoms with Gasteiger partial charge >= 0.3 is 6.03 Å². The topological polar surface area (TPSA) is 191 Å². The van der Waals surface area contributed by atoms with Crippen molar-refractivity contribution in [3.05, 3.63) is 128 Å². The summed E-state index contributed by atoms with van der Waals surface area (Å²) < 4.78 is 16.3. The molecule has 5 rings (SSSR count). The van der Waals surface area contributed by atoms with Crippen LogP contribution in [0.4, 0.5) is 22.0 Å². The minimum absolute atomic E-state index is 0.0224. The van der Waals surface area contributed by atoms with Gasteiger partial charge in [-0.2, -0.15) is 5.10 Å². The zero-order chi connectivity index (χ0) is 32.8. The maximum absolute atomic E-state index is 12.8. The van der Waals surface area contributed by atoms with Crippen molar-refractivity contribution in [1.82, 2.24) is 19.8 Å². The first-order valence-electron chi connectivity index (χ1n) is 13.9. The Labute approximate surface area is 264 Å². The molecule has 46 heavy (non-hydrogen) atoms. The third-order valence-corrected chi connectivity index (χ3v) is 7.99. The van der Waals surface area contributed by atoms with Crippen LogP contribution in [0.15, 0.2) is 95.9 Å². The first kappa shape index (κ1) is 31.5. The fourth-order valence-corrected chi connectivity index (χ4v) is 5.51. The molecule has 1 aromatic heterocycles. The van der Waals surface area contributed by atoms with Crippen LogP contribution in [-0.4, -0.2) is 42.3 Å². The third-order valence-electron chi connectivity index (χ3n) is 6.92. The van der Waals surface area contributed by atoms with Crippen LogP contribution in [0, 0.1) is 27.2 Å². The third kappa shape index (κ3) is 7.57. The Hall–Kier alpha value is -5.96. The van der Waals surface area contributed by atoms with E-state index in [-0.39, 0.29) is 23.8 Å². The van der Waals surface area contributed by atoms with Crippen LogP contribution in [0.2, 0.25) is 0 Å². The van der Waals surface area contributed by atoms with Gasteiger partial charge in [-0.25, -0.2) is 13.7 Å². The number of nitrogens with one attached hydrogen (secondary N) is 3. The number of hydrogen-bond acceptors (Lipinski definition) is 8. The summed E-state index contributed by atoms with van der Waals surface area (Å²) in [4.78, 5) is 46.6. The first-order chi connectivity index (χ1) is 22.1. The molecule has 3 N–H and O–H groups in total. The standard InChI is InChI=1S/C31H27N7O7S/c1-20-15-29(36(34-20)24-17-25(37(41)42)19-26(18-24)38(43)44)33-31(40)35-46(45)27-11-9-21(10-12-27)13-14-32-30(39)16-23-7-4-6-22-5-2-3-8-28(22)23/h2-12,15,17-19H,13-14,16H2,1H3,(H,32,39)(H2,33,35,40). The highest BCUT2D eigenvalue weighted by Crippen LogP contribution is 2.27. The van der Waals surface area contributed by atoms with Crippen LogP contribution in [0.3, 0.4) is 0 Å². The van der Waals surface area contributed by atoms with E-state index in [9.17, 15) is 34.0 Å². The van der Waals surface area contributed by atoms with Crippen molar-refractivity contribution in [2.75, 3.05) is 11.9 Å². The molecule has 0 fully saturated rings. The number of non-ortho nitro benzene ring substituents is 2. The van der Waals surface area contributed by atoms with Crippen molar-refractivity contribution in [3.63, 3.8) is 0 Å². The van der Waals surface area contributed by atoms with Gasteiger partial charge in [0.1, 0.15) is 5.82 Å². The van der Waals surface area contributed by atoms with Crippen LogP contribution in [-0.2, 0) is 28.6 Å². The summed E-state index contributed by atoms with van der Waals surface area (Å²) in [5.74, 6) is -0.0517. The lowest BCUT2D eigenvalue weighted by atomic mass is 10.0. The Kier molecular flexibility index (Phi) is 9.42. The fourth-order valence-electron chi connectivity index (χ4n) is 4.79. The van der Waals surface area contributed by atoms with Gasteiger partial charge < -0.3 is 5.32 Å². The lowest BCUT2D eigenvalue weighted by molar-refractivity contribution is -0.394. The molecule has 234 valence electrons. The number of aryl methyl sites for hydroxylation is 1. The summed E-state index contributed by atoms with van der Waals surface area (Å²) in [6.07, 6.45) is 0.805. The molecule has 0 saturated heterocycles. The molecular weight excluding hydrogens is 614 g/mol. The molecule has 0 radical (unpaired) electrons. The highest BCUT2D eigenvalue weighted by molar-refractivity contribution is 7.83. The van der Waals surface area contributed by atoms with E-state index in [1.54, 1.807) is 31.2 Å². The van der Waals surface area contributed by atoms with E-state index in [0.717, 1.165) is 44.8 Å². The average molecular weight is 642 g/mol. The zero-order valence-electron chi connectivity index (χ0n) is 24.3. The fraction of sp³-hybridized carbons (Fsp3) is 0.129. The van der Waals surface area contributed by atoms with E-state index >= 15 is 0 Å². The molecule has 0 bridgehead atoms. The van der Waals surface area contributed by atoms with Gasteiger partial charge in [-0.1, -0.05) is 54.6 Å². The molecule has 0 spiro atoms. The van der Waals surface area contributed by atoms with E-state index in [0.29, 0.717) is 23.6 Å². The molecule has 0 aliphatic rings. The van der Waals surface area contributed by atoms with E-state index in [1.165, 1.54) is 6.07 Å². The number of nitro groups is 2. The Morgan fingerprint density at radius 3 is 2.26 bits per heavy atom. The number of amides is 3. The summed E-state index contributed by atoms with van der Waals surface area (Å²) in [7, 11) is -1.95. The molecule has 1 heterocycles. The van der Waals surface area contributed by atoms with Gasteiger partial charge in [0.05, 0.1) is 38.6 Å². The minimum atomic E-state index is -1.95. The second-order valence-corrected chi connectivity index (χ2v) is 11.4. The van der Waals surface area contributed by atoms with Gasteiger partial charge in [-0.05, 0) is 47.4 Å².